The molecule has 4 atom stereocenters. The highest BCUT2D eigenvalue weighted by Gasteiger charge is 2.66. The zero-order chi connectivity index (χ0) is 22.7. The summed E-state index contributed by atoms with van der Waals surface area (Å²) in [6.07, 6.45) is 4.53. The molecule has 5 rings (SSSR count). The number of imide groups is 1. The number of rotatable bonds is 5. The Morgan fingerprint density at radius 3 is 2.44 bits per heavy atom. The fourth-order valence-corrected chi connectivity index (χ4v) is 5.26. The molecule has 2 aromatic carbocycles. The van der Waals surface area contributed by atoms with Gasteiger partial charge in [0.1, 0.15) is 5.75 Å². The molecule has 2 bridgehead atoms. The summed E-state index contributed by atoms with van der Waals surface area (Å²) in [5.74, 6) is -1.74. The molecule has 0 aromatic heterocycles. The smallest absolute Gasteiger partial charge is 0.276 e. The first-order valence-electron chi connectivity index (χ1n) is 9.89. The molecule has 3 aliphatic heterocycles. The quantitative estimate of drug-likeness (QED) is 0.306. The molecule has 0 spiro atoms. The highest BCUT2D eigenvalue weighted by molar-refractivity contribution is 7.89. The van der Waals surface area contributed by atoms with Crippen molar-refractivity contribution in [3.63, 3.8) is 0 Å². The molecule has 2 saturated heterocycles. The Hall–Kier alpha value is -3.50. The van der Waals surface area contributed by atoms with Crippen molar-refractivity contribution >= 4 is 33.7 Å². The number of carbonyl (C=O) groups excluding carboxylic acids is 2. The molecule has 9 nitrogen and oxygen atoms in total. The van der Waals surface area contributed by atoms with E-state index < -0.39 is 33.6 Å². The molecular formula is C22H19N3O6S. The van der Waals surface area contributed by atoms with E-state index in [2.05, 4.69) is 9.93 Å². The third-order valence-electron chi connectivity index (χ3n) is 6.01. The van der Waals surface area contributed by atoms with Gasteiger partial charge in [-0.1, -0.05) is 12.2 Å². The van der Waals surface area contributed by atoms with Crippen molar-refractivity contribution in [2.45, 2.75) is 23.5 Å². The lowest BCUT2D eigenvalue weighted by molar-refractivity contribution is -0.126. The van der Waals surface area contributed by atoms with Crippen molar-refractivity contribution in [1.82, 2.24) is 4.83 Å². The Kier molecular flexibility index (Phi) is 4.47. The summed E-state index contributed by atoms with van der Waals surface area (Å²) < 4.78 is 30.8. The number of sulfonamides is 1. The maximum absolute atomic E-state index is 13.0. The summed E-state index contributed by atoms with van der Waals surface area (Å²) in [5, 5.41) is 13.0. The van der Waals surface area contributed by atoms with Gasteiger partial charge in [0.05, 0.1) is 40.3 Å². The fraction of sp³-hybridized carbons (Fsp3) is 0.227. The second-order valence-electron chi connectivity index (χ2n) is 8.08. The molecule has 2 fully saturated rings. The van der Waals surface area contributed by atoms with E-state index in [1.807, 2.05) is 12.2 Å². The van der Waals surface area contributed by atoms with Crippen LogP contribution < -0.4 is 9.73 Å². The van der Waals surface area contributed by atoms with Gasteiger partial charge in [0, 0.05) is 0 Å². The average Bonchev–Trinajstić information content (AvgIpc) is 3.38. The number of hydrogen-bond acceptors (Lipinski definition) is 7. The molecule has 3 heterocycles. The van der Waals surface area contributed by atoms with Crippen molar-refractivity contribution in [2.75, 3.05) is 4.90 Å². The number of nitrogens with zero attached hydrogens (tertiary/aromatic N) is 2. The van der Waals surface area contributed by atoms with Crippen LogP contribution in [0.2, 0.25) is 0 Å². The first-order valence-corrected chi connectivity index (χ1v) is 11.4. The lowest BCUT2D eigenvalue weighted by atomic mass is 9.78. The minimum absolute atomic E-state index is 0.0690. The highest BCUT2D eigenvalue weighted by atomic mass is 32.2. The van der Waals surface area contributed by atoms with Gasteiger partial charge in [0.2, 0.25) is 11.8 Å². The van der Waals surface area contributed by atoms with E-state index in [0.717, 1.165) is 4.90 Å². The summed E-state index contributed by atoms with van der Waals surface area (Å²) in [6.45, 7) is 1.79. The zero-order valence-corrected chi connectivity index (χ0v) is 17.7. The lowest BCUT2D eigenvalue weighted by Gasteiger charge is -2.24. The van der Waals surface area contributed by atoms with Crippen LogP contribution in [0.25, 0.3) is 0 Å². The minimum Gasteiger partial charge on any atom is -0.508 e. The number of benzene rings is 2. The Bertz CT molecular complexity index is 1270. The lowest BCUT2D eigenvalue weighted by Crippen LogP contribution is -2.38. The number of aromatic hydroxyl groups is 1. The zero-order valence-electron chi connectivity index (χ0n) is 16.9. The highest BCUT2D eigenvalue weighted by Crippen LogP contribution is 2.52. The van der Waals surface area contributed by atoms with E-state index in [0.29, 0.717) is 11.3 Å². The van der Waals surface area contributed by atoms with Crippen LogP contribution in [-0.4, -0.2) is 43.3 Å². The number of fused-ring (bicyclic) bond motifs is 5. The molecule has 164 valence electrons. The first kappa shape index (κ1) is 20.4. The topological polar surface area (TPSA) is 125 Å². The monoisotopic (exact) mass is 453 g/mol. The molecule has 32 heavy (non-hydrogen) atoms. The second-order valence-corrected chi connectivity index (χ2v) is 9.74. The van der Waals surface area contributed by atoms with E-state index in [1.54, 1.807) is 19.1 Å². The van der Waals surface area contributed by atoms with E-state index in [9.17, 15) is 23.1 Å². The molecule has 10 heteroatoms. The molecular weight excluding hydrogens is 434 g/mol. The predicted octanol–water partition coefficient (Wildman–Crippen LogP) is 1.54. The van der Waals surface area contributed by atoms with Gasteiger partial charge in [-0.3, -0.25) is 9.59 Å². The molecule has 0 radical (unpaired) electrons. The number of anilines is 1. The van der Waals surface area contributed by atoms with E-state index >= 15 is 0 Å². The average molecular weight is 453 g/mol. The molecule has 0 saturated carbocycles. The van der Waals surface area contributed by atoms with Crippen LogP contribution in [0.5, 0.6) is 5.75 Å². The van der Waals surface area contributed by atoms with Gasteiger partial charge in [-0.2, -0.15) is 13.5 Å². The maximum atomic E-state index is 13.0. The Labute approximate surface area is 184 Å². The largest absolute Gasteiger partial charge is 0.508 e. The normalized spacial score (nSPS) is 28.7. The van der Waals surface area contributed by atoms with Crippen LogP contribution >= 0.6 is 0 Å². The summed E-state index contributed by atoms with van der Waals surface area (Å²) in [7, 11) is -3.95. The van der Waals surface area contributed by atoms with Gasteiger partial charge in [-0.25, -0.2) is 9.73 Å². The van der Waals surface area contributed by atoms with Gasteiger partial charge in [0.25, 0.3) is 10.0 Å². The first-order chi connectivity index (χ1) is 15.2. The molecule has 0 aliphatic carbocycles. The van der Waals surface area contributed by atoms with Gasteiger partial charge in [0.15, 0.2) is 0 Å². The van der Waals surface area contributed by atoms with Gasteiger partial charge in [-0.15, -0.1) is 0 Å². The van der Waals surface area contributed by atoms with Gasteiger partial charge >= 0.3 is 0 Å². The van der Waals surface area contributed by atoms with E-state index in [1.165, 1.54) is 42.6 Å². The number of phenols is 1. The number of carbonyl (C=O) groups is 2. The molecule has 2 aromatic rings. The number of phenolic OH excluding ortho intramolecular Hbond substituents is 1. The number of amides is 2. The summed E-state index contributed by atoms with van der Waals surface area (Å²) >= 11 is 0. The Morgan fingerprint density at radius 2 is 1.78 bits per heavy atom. The van der Waals surface area contributed by atoms with Crippen LogP contribution in [0.4, 0.5) is 5.69 Å². The Balaban J connectivity index is 1.32. The Morgan fingerprint density at radius 1 is 1.09 bits per heavy atom. The van der Waals surface area contributed by atoms with E-state index in [4.69, 9.17) is 4.74 Å². The van der Waals surface area contributed by atoms with Crippen LogP contribution in [0.1, 0.15) is 12.5 Å². The maximum Gasteiger partial charge on any atom is 0.276 e. The van der Waals surface area contributed by atoms with Crippen molar-refractivity contribution in [3.8, 4) is 5.75 Å². The fourth-order valence-electron chi connectivity index (χ4n) is 4.46. The third kappa shape index (κ3) is 3.10. The summed E-state index contributed by atoms with van der Waals surface area (Å²) in [4.78, 5) is 29.1. The SMILES string of the molecule is C[C@@]12C=C[C@@H](O1)[C@H]1C(=O)N(c3ccc(S(=O)(=O)N/N=C/c4ccc(O)cc4)cc3)C(=O)[C@H]12. The second kappa shape index (κ2) is 7.01. The molecule has 2 N–H and O–H groups in total. The van der Waals surface area contributed by atoms with Crippen molar-refractivity contribution in [2.24, 2.45) is 16.9 Å². The standard InChI is InChI=1S/C22H19N3O6S/c1-22-11-10-17(31-22)18-19(22)21(28)25(20(18)27)14-4-8-16(9-5-14)32(29,30)24-23-12-13-2-6-15(26)7-3-13/h2-12,17-19,24,26H,1H3/b23-12+/t17-,18-,19+,22+/m1/s1. The summed E-state index contributed by atoms with van der Waals surface area (Å²) in [5.41, 5.74) is 0.113. The van der Waals surface area contributed by atoms with Gasteiger partial charge < -0.3 is 9.84 Å². The minimum atomic E-state index is -3.95. The molecule has 2 amide bonds. The van der Waals surface area contributed by atoms with Gasteiger partial charge in [-0.05, 0) is 61.0 Å². The van der Waals surface area contributed by atoms with E-state index in [-0.39, 0.29) is 22.5 Å². The van der Waals surface area contributed by atoms with Crippen LogP contribution in [0, 0.1) is 11.8 Å². The third-order valence-corrected chi connectivity index (χ3v) is 7.25. The van der Waals surface area contributed by atoms with Crippen LogP contribution in [-0.2, 0) is 24.3 Å². The molecule has 0 unspecified atom stereocenters. The number of nitrogens with one attached hydrogen (secondary N) is 1. The number of hydrogen-bond donors (Lipinski definition) is 2. The number of ether oxygens (including phenoxy) is 1. The van der Waals surface area contributed by atoms with Crippen molar-refractivity contribution in [1.29, 1.82) is 0 Å². The van der Waals surface area contributed by atoms with Crippen molar-refractivity contribution in [3.05, 3.63) is 66.2 Å². The molecule has 3 aliphatic rings. The van der Waals surface area contributed by atoms with Crippen molar-refractivity contribution < 1.29 is 27.9 Å². The predicted molar refractivity (Wildman–Crippen MR) is 114 cm³/mol. The van der Waals surface area contributed by atoms with Crippen LogP contribution in [0.15, 0.2) is 70.7 Å². The van der Waals surface area contributed by atoms with Crippen LogP contribution in [0.3, 0.4) is 0 Å². The number of hydrazone groups is 1. The summed E-state index contributed by atoms with van der Waals surface area (Å²) in [6, 6.07) is 11.5.